The maximum absolute atomic E-state index is 12.8. The van der Waals surface area contributed by atoms with Crippen molar-refractivity contribution in [2.24, 2.45) is 0 Å². The number of fused-ring (bicyclic) bond motifs is 1. The molecule has 21 heavy (non-hydrogen) atoms. The van der Waals surface area contributed by atoms with Crippen molar-refractivity contribution in [1.29, 1.82) is 0 Å². The van der Waals surface area contributed by atoms with Crippen LogP contribution in [0.2, 0.25) is 0 Å². The van der Waals surface area contributed by atoms with Crippen molar-refractivity contribution in [3.05, 3.63) is 57.2 Å². The Bertz CT molecular complexity index is 699. The Hall–Kier alpha value is -1.56. The smallest absolute Gasteiger partial charge is 0.258 e. The second kappa shape index (κ2) is 5.67. The normalized spacial score (nSPS) is 17.1. The second-order valence-corrected chi connectivity index (χ2v) is 6.52. The molecular weight excluding hydrogens is 377 g/mol. The van der Waals surface area contributed by atoms with Crippen LogP contribution >= 0.6 is 22.6 Å². The number of aryl methyl sites for hydroxylation is 1. The van der Waals surface area contributed by atoms with Gasteiger partial charge in [-0.3, -0.25) is 4.79 Å². The molecule has 0 fully saturated rings. The molecule has 0 saturated carbocycles. The quantitative estimate of drug-likeness (QED) is 0.685. The number of ether oxygens (including phenoxy) is 1. The average Bonchev–Trinajstić information content (AvgIpc) is 2.47. The third-order valence-electron chi connectivity index (χ3n) is 3.56. The summed E-state index contributed by atoms with van der Waals surface area (Å²) in [5.74, 6) is 0.839. The number of carbonyl (C=O) groups excluding carboxylic acids is 1. The van der Waals surface area contributed by atoms with Crippen molar-refractivity contribution in [2.45, 2.75) is 20.0 Å². The highest BCUT2D eigenvalue weighted by molar-refractivity contribution is 14.1. The van der Waals surface area contributed by atoms with Crippen LogP contribution in [0.4, 0.5) is 5.69 Å². The van der Waals surface area contributed by atoms with E-state index in [1.807, 2.05) is 61.2 Å². The van der Waals surface area contributed by atoms with Gasteiger partial charge in [0.1, 0.15) is 11.9 Å². The average molecular weight is 393 g/mol. The van der Waals surface area contributed by atoms with Crippen molar-refractivity contribution < 1.29 is 9.53 Å². The topological polar surface area (TPSA) is 29.5 Å². The monoisotopic (exact) mass is 393 g/mol. The lowest BCUT2D eigenvalue weighted by atomic mass is 10.1. The van der Waals surface area contributed by atoms with Crippen LogP contribution in [-0.2, 0) is 0 Å². The maximum Gasteiger partial charge on any atom is 0.258 e. The molecule has 3 rings (SSSR count). The maximum atomic E-state index is 12.8. The van der Waals surface area contributed by atoms with E-state index in [1.54, 1.807) is 0 Å². The van der Waals surface area contributed by atoms with E-state index in [1.165, 1.54) is 0 Å². The minimum absolute atomic E-state index is 0.00895. The van der Waals surface area contributed by atoms with Crippen molar-refractivity contribution in [3.8, 4) is 5.75 Å². The summed E-state index contributed by atoms with van der Waals surface area (Å²) < 4.78 is 6.97. The van der Waals surface area contributed by atoms with Gasteiger partial charge < -0.3 is 9.64 Å². The Balaban J connectivity index is 2.03. The van der Waals surface area contributed by atoms with E-state index in [-0.39, 0.29) is 12.0 Å². The van der Waals surface area contributed by atoms with Gasteiger partial charge in [-0.25, -0.2) is 0 Å². The largest absolute Gasteiger partial charge is 0.486 e. The van der Waals surface area contributed by atoms with E-state index in [4.69, 9.17) is 4.74 Å². The molecule has 3 nitrogen and oxygen atoms in total. The fourth-order valence-corrected chi connectivity index (χ4v) is 3.11. The zero-order chi connectivity index (χ0) is 15.0. The Kier molecular flexibility index (Phi) is 3.89. The summed E-state index contributed by atoms with van der Waals surface area (Å²) in [6, 6.07) is 13.6. The van der Waals surface area contributed by atoms with Crippen molar-refractivity contribution in [2.75, 3.05) is 11.4 Å². The van der Waals surface area contributed by atoms with Crippen LogP contribution in [0.3, 0.4) is 0 Å². The van der Waals surface area contributed by atoms with E-state index < -0.39 is 0 Å². The summed E-state index contributed by atoms with van der Waals surface area (Å²) in [7, 11) is 0. The number of hydrogen-bond acceptors (Lipinski definition) is 2. The number of benzene rings is 2. The van der Waals surface area contributed by atoms with Gasteiger partial charge in [-0.1, -0.05) is 18.2 Å². The number of carbonyl (C=O) groups is 1. The molecule has 0 aromatic heterocycles. The first-order chi connectivity index (χ1) is 10.1. The Labute approximate surface area is 138 Å². The molecule has 1 atom stereocenters. The molecule has 0 N–H and O–H groups in total. The predicted octanol–water partition coefficient (Wildman–Crippen LogP) is 4.03. The highest BCUT2D eigenvalue weighted by Crippen LogP contribution is 2.36. The molecule has 0 bridgehead atoms. The van der Waals surface area contributed by atoms with Gasteiger partial charge in [0.25, 0.3) is 5.91 Å². The molecule has 1 amide bonds. The van der Waals surface area contributed by atoms with Gasteiger partial charge in [-0.2, -0.15) is 0 Å². The first-order valence-corrected chi connectivity index (χ1v) is 7.98. The number of para-hydroxylation sites is 1. The van der Waals surface area contributed by atoms with Crippen molar-refractivity contribution >= 4 is 34.2 Å². The minimum Gasteiger partial charge on any atom is -0.486 e. The predicted molar refractivity (Wildman–Crippen MR) is 92.1 cm³/mol. The van der Waals surface area contributed by atoms with Crippen molar-refractivity contribution in [3.63, 3.8) is 0 Å². The van der Waals surface area contributed by atoms with Gasteiger partial charge in [0, 0.05) is 9.13 Å². The molecule has 0 radical (unpaired) electrons. The molecule has 0 aliphatic carbocycles. The van der Waals surface area contributed by atoms with Crippen LogP contribution in [0.1, 0.15) is 22.8 Å². The second-order valence-electron chi connectivity index (χ2n) is 5.28. The van der Waals surface area contributed by atoms with Gasteiger partial charge >= 0.3 is 0 Å². The standard InChI is InChI=1S/C17H16INO2/c1-11-5-3-8-15-16(11)21-12(2)10-19(15)17(20)13-6-4-7-14(18)9-13/h3-9,12H,10H2,1-2H3/t12-/m0/s1. The summed E-state index contributed by atoms with van der Waals surface area (Å²) in [5, 5.41) is 0. The molecule has 2 aromatic rings. The van der Waals surface area contributed by atoms with E-state index in [9.17, 15) is 4.79 Å². The highest BCUT2D eigenvalue weighted by Gasteiger charge is 2.29. The molecule has 1 heterocycles. The fourth-order valence-electron chi connectivity index (χ4n) is 2.57. The summed E-state index contributed by atoms with van der Waals surface area (Å²) in [6.07, 6.45) is -0.00895. The number of nitrogens with zero attached hydrogens (tertiary/aromatic N) is 1. The summed E-state index contributed by atoms with van der Waals surface area (Å²) in [6.45, 7) is 4.57. The molecule has 0 spiro atoms. The highest BCUT2D eigenvalue weighted by atomic mass is 127. The van der Waals surface area contributed by atoms with E-state index >= 15 is 0 Å². The third kappa shape index (κ3) is 2.77. The summed E-state index contributed by atoms with van der Waals surface area (Å²) in [5.41, 5.74) is 2.62. The van der Waals surface area contributed by atoms with Crippen LogP contribution in [-0.4, -0.2) is 18.6 Å². The van der Waals surface area contributed by atoms with Gasteiger partial charge in [0.15, 0.2) is 0 Å². The SMILES string of the molecule is Cc1cccc2c1O[C@@H](C)CN2C(=O)c1cccc(I)c1. The minimum atomic E-state index is -0.00895. The van der Waals surface area contributed by atoms with Crippen LogP contribution in [0.25, 0.3) is 0 Å². The number of rotatable bonds is 1. The Morgan fingerprint density at radius 3 is 2.81 bits per heavy atom. The Morgan fingerprint density at radius 1 is 1.29 bits per heavy atom. The first kappa shape index (κ1) is 14.4. The lowest BCUT2D eigenvalue weighted by molar-refractivity contribution is 0.0961. The van der Waals surface area contributed by atoms with Gasteiger partial charge in [-0.05, 0) is 66.3 Å². The zero-order valence-corrected chi connectivity index (χ0v) is 14.1. The third-order valence-corrected chi connectivity index (χ3v) is 4.23. The van der Waals surface area contributed by atoms with Gasteiger partial charge in [-0.15, -0.1) is 0 Å². The summed E-state index contributed by atoms with van der Waals surface area (Å²) >= 11 is 2.22. The number of halogens is 1. The number of anilines is 1. The Morgan fingerprint density at radius 2 is 2.05 bits per heavy atom. The van der Waals surface area contributed by atoms with E-state index in [2.05, 4.69) is 22.6 Å². The van der Waals surface area contributed by atoms with Gasteiger partial charge in [0.2, 0.25) is 0 Å². The summed E-state index contributed by atoms with van der Waals surface area (Å²) in [4.78, 5) is 14.7. The molecular formula is C17H16INO2. The molecule has 4 heteroatoms. The van der Waals surface area contributed by atoms with E-state index in [0.717, 1.165) is 20.6 Å². The van der Waals surface area contributed by atoms with Crippen molar-refractivity contribution in [1.82, 2.24) is 0 Å². The molecule has 0 unspecified atom stereocenters. The molecule has 2 aromatic carbocycles. The lowest BCUT2D eigenvalue weighted by Gasteiger charge is -2.34. The number of hydrogen-bond donors (Lipinski definition) is 0. The van der Waals surface area contributed by atoms with Crippen LogP contribution in [0.15, 0.2) is 42.5 Å². The van der Waals surface area contributed by atoms with Gasteiger partial charge in [0.05, 0.1) is 12.2 Å². The van der Waals surface area contributed by atoms with Crippen LogP contribution in [0, 0.1) is 10.5 Å². The van der Waals surface area contributed by atoms with Crippen LogP contribution < -0.4 is 9.64 Å². The lowest BCUT2D eigenvalue weighted by Crippen LogP contribution is -2.42. The number of amides is 1. The van der Waals surface area contributed by atoms with Crippen LogP contribution in [0.5, 0.6) is 5.75 Å². The molecule has 0 saturated heterocycles. The fraction of sp³-hybridized carbons (Fsp3) is 0.235. The van der Waals surface area contributed by atoms with E-state index in [0.29, 0.717) is 12.1 Å². The molecule has 1 aliphatic heterocycles. The molecule has 1 aliphatic rings. The first-order valence-electron chi connectivity index (χ1n) is 6.90. The molecule has 108 valence electrons. The zero-order valence-electron chi connectivity index (χ0n) is 12.0.